The second kappa shape index (κ2) is 7.34. The second-order valence-corrected chi connectivity index (χ2v) is 9.66. The molecule has 1 amide bonds. The van der Waals surface area contributed by atoms with E-state index in [0.29, 0.717) is 19.6 Å². The van der Waals surface area contributed by atoms with Crippen molar-refractivity contribution in [3.63, 3.8) is 0 Å². The Labute approximate surface area is 161 Å². The highest BCUT2D eigenvalue weighted by Crippen LogP contribution is 2.36. The van der Waals surface area contributed by atoms with Crippen LogP contribution < -0.4 is 0 Å². The quantitative estimate of drug-likeness (QED) is 0.800. The summed E-state index contributed by atoms with van der Waals surface area (Å²) in [5.74, 6) is 0.230. The van der Waals surface area contributed by atoms with Crippen molar-refractivity contribution in [3.8, 4) is 0 Å². The van der Waals surface area contributed by atoms with Gasteiger partial charge in [-0.2, -0.15) is 0 Å². The SMILES string of the molecule is Cc1nc(C)c(CN2CCOCC3(CC(=O)N(Cc4cncs4)C3)C2)s1. The molecule has 2 saturated heterocycles. The normalized spacial score (nSPS) is 24.5. The molecular formula is C18H24N4O2S2. The smallest absolute Gasteiger partial charge is 0.223 e. The first-order valence-corrected chi connectivity index (χ1v) is 10.6. The van der Waals surface area contributed by atoms with Crippen molar-refractivity contribution in [2.24, 2.45) is 5.41 Å². The summed E-state index contributed by atoms with van der Waals surface area (Å²) < 4.78 is 5.92. The Kier molecular flexibility index (Phi) is 5.09. The van der Waals surface area contributed by atoms with Crippen LogP contribution in [-0.2, 0) is 22.6 Å². The van der Waals surface area contributed by atoms with Gasteiger partial charge in [-0.1, -0.05) is 0 Å². The topological polar surface area (TPSA) is 58.6 Å². The van der Waals surface area contributed by atoms with E-state index in [2.05, 4.69) is 28.7 Å². The fraction of sp³-hybridized carbons (Fsp3) is 0.611. The van der Waals surface area contributed by atoms with Crippen LogP contribution in [0.5, 0.6) is 0 Å². The van der Waals surface area contributed by atoms with Crippen LogP contribution in [0.2, 0.25) is 0 Å². The van der Waals surface area contributed by atoms with E-state index in [4.69, 9.17) is 4.74 Å². The van der Waals surface area contributed by atoms with Gasteiger partial charge in [0, 0.05) is 54.0 Å². The van der Waals surface area contributed by atoms with Gasteiger partial charge in [0.15, 0.2) is 0 Å². The number of thiazole rings is 2. The van der Waals surface area contributed by atoms with Crippen LogP contribution in [0.1, 0.15) is 26.9 Å². The molecule has 0 radical (unpaired) electrons. The highest BCUT2D eigenvalue weighted by atomic mass is 32.1. The van der Waals surface area contributed by atoms with E-state index in [9.17, 15) is 4.79 Å². The van der Waals surface area contributed by atoms with Crippen LogP contribution in [0.25, 0.3) is 0 Å². The lowest BCUT2D eigenvalue weighted by Gasteiger charge is -2.31. The van der Waals surface area contributed by atoms with Crippen LogP contribution in [0.3, 0.4) is 0 Å². The molecule has 0 N–H and O–H groups in total. The molecule has 2 aliphatic heterocycles. The van der Waals surface area contributed by atoms with Gasteiger partial charge >= 0.3 is 0 Å². The van der Waals surface area contributed by atoms with Crippen molar-refractivity contribution in [2.75, 3.05) is 32.8 Å². The van der Waals surface area contributed by atoms with Crippen molar-refractivity contribution in [1.29, 1.82) is 0 Å². The number of aromatic nitrogens is 2. The van der Waals surface area contributed by atoms with Gasteiger partial charge < -0.3 is 9.64 Å². The Morgan fingerprint density at radius 2 is 2.19 bits per heavy atom. The average Bonchev–Trinajstić information content (AvgIpc) is 3.23. The summed E-state index contributed by atoms with van der Waals surface area (Å²) in [5, 5.41) is 1.12. The maximum Gasteiger partial charge on any atom is 0.223 e. The van der Waals surface area contributed by atoms with Gasteiger partial charge in [-0.05, 0) is 13.8 Å². The maximum atomic E-state index is 12.6. The molecule has 2 fully saturated rings. The Balaban J connectivity index is 1.46. The Morgan fingerprint density at radius 1 is 1.31 bits per heavy atom. The Hall–Kier alpha value is -1.35. The predicted octanol–water partition coefficient (Wildman–Crippen LogP) is 2.47. The molecule has 2 aliphatic rings. The van der Waals surface area contributed by atoms with Gasteiger partial charge in [-0.3, -0.25) is 14.7 Å². The van der Waals surface area contributed by atoms with Crippen LogP contribution in [0.15, 0.2) is 11.7 Å². The number of rotatable bonds is 4. The molecule has 0 aromatic carbocycles. The summed E-state index contributed by atoms with van der Waals surface area (Å²) in [5.41, 5.74) is 2.84. The van der Waals surface area contributed by atoms with Gasteiger partial charge in [-0.15, -0.1) is 22.7 Å². The minimum absolute atomic E-state index is 0.105. The number of carbonyl (C=O) groups is 1. The van der Waals surface area contributed by atoms with Crippen molar-refractivity contribution < 1.29 is 9.53 Å². The lowest BCUT2D eigenvalue weighted by atomic mass is 9.87. The standard InChI is InChI=1S/C18H24N4O2S2/c1-13-16(26-14(2)20-13)8-21-3-4-24-11-18(9-21)5-17(23)22(10-18)7-15-6-19-12-25-15/h6,12H,3-5,7-11H2,1-2H3. The molecule has 1 spiro atoms. The lowest BCUT2D eigenvalue weighted by Crippen LogP contribution is -2.40. The molecule has 1 unspecified atom stereocenters. The number of aryl methyl sites for hydroxylation is 2. The number of likely N-dealkylation sites (tertiary alicyclic amines) is 1. The number of hydrogen-bond acceptors (Lipinski definition) is 7. The average molecular weight is 393 g/mol. The Morgan fingerprint density at radius 3 is 2.92 bits per heavy atom. The molecule has 26 heavy (non-hydrogen) atoms. The predicted molar refractivity (Wildman–Crippen MR) is 102 cm³/mol. The third-order valence-corrected chi connectivity index (χ3v) is 6.94. The highest BCUT2D eigenvalue weighted by molar-refractivity contribution is 7.11. The maximum absolute atomic E-state index is 12.6. The fourth-order valence-corrected chi connectivity index (χ4v) is 5.56. The number of nitrogens with zero attached hydrogens (tertiary/aromatic N) is 4. The molecule has 2 aromatic rings. The lowest BCUT2D eigenvalue weighted by molar-refractivity contribution is -0.128. The molecule has 4 heterocycles. The van der Waals surface area contributed by atoms with E-state index in [0.717, 1.165) is 48.4 Å². The fourth-order valence-electron chi connectivity index (χ4n) is 3.98. The first-order valence-electron chi connectivity index (χ1n) is 8.91. The first kappa shape index (κ1) is 18.0. The summed E-state index contributed by atoms with van der Waals surface area (Å²) in [6, 6.07) is 0. The zero-order chi connectivity index (χ0) is 18.1. The largest absolute Gasteiger partial charge is 0.379 e. The minimum atomic E-state index is -0.105. The zero-order valence-corrected chi connectivity index (χ0v) is 16.9. The van der Waals surface area contributed by atoms with Crippen molar-refractivity contribution in [1.82, 2.24) is 19.8 Å². The zero-order valence-electron chi connectivity index (χ0n) is 15.2. The molecule has 2 aromatic heterocycles. The molecule has 8 heteroatoms. The third-order valence-electron chi connectivity index (χ3n) is 5.12. The molecule has 140 valence electrons. The number of amides is 1. The van der Waals surface area contributed by atoms with Gasteiger partial charge in [0.1, 0.15) is 0 Å². The summed E-state index contributed by atoms with van der Waals surface area (Å²) in [4.78, 5) is 28.2. The van der Waals surface area contributed by atoms with Crippen LogP contribution in [0, 0.1) is 19.3 Å². The molecule has 0 saturated carbocycles. The first-order chi connectivity index (χ1) is 12.5. The number of ether oxygens (including phenoxy) is 1. The molecule has 4 rings (SSSR count). The Bertz CT molecular complexity index is 776. The monoisotopic (exact) mass is 392 g/mol. The van der Waals surface area contributed by atoms with Crippen LogP contribution >= 0.6 is 22.7 Å². The molecule has 0 bridgehead atoms. The van der Waals surface area contributed by atoms with Crippen molar-refractivity contribution >= 4 is 28.6 Å². The van der Waals surface area contributed by atoms with E-state index in [-0.39, 0.29) is 11.3 Å². The van der Waals surface area contributed by atoms with Crippen molar-refractivity contribution in [3.05, 3.63) is 32.2 Å². The molecule has 6 nitrogen and oxygen atoms in total. The van der Waals surface area contributed by atoms with E-state index >= 15 is 0 Å². The van der Waals surface area contributed by atoms with Gasteiger partial charge in [-0.25, -0.2) is 4.98 Å². The van der Waals surface area contributed by atoms with Gasteiger partial charge in [0.25, 0.3) is 0 Å². The third kappa shape index (κ3) is 3.83. The number of carbonyl (C=O) groups excluding carboxylic acids is 1. The van der Waals surface area contributed by atoms with Crippen LogP contribution in [0.4, 0.5) is 0 Å². The minimum Gasteiger partial charge on any atom is -0.379 e. The van der Waals surface area contributed by atoms with Crippen molar-refractivity contribution in [2.45, 2.75) is 33.4 Å². The summed E-state index contributed by atoms with van der Waals surface area (Å²) >= 11 is 3.38. The molecule has 0 aliphatic carbocycles. The van der Waals surface area contributed by atoms with E-state index in [1.165, 1.54) is 4.88 Å². The summed E-state index contributed by atoms with van der Waals surface area (Å²) in [7, 11) is 0. The van der Waals surface area contributed by atoms with E-state index in [1.807, 2.05) is 16.6 Å². The van der Waals surface area contributed by atoms with Gasteiger partial charge in [0.2, 0.25) is 5.91 Å². The summed E-state index contributed by atoms with van der Waals surface area (Å²) in [6.07, 6.45) is 2.43. The number of hydrogen-bond donors (Lipinski definition) is 0. The highest BCUT2D eigenvalue weighted by Gasteiger charge is 2.45. The van der Waals surface area contributed by atoms with Gasteiger partial charge in [0.05, 0.1) is 36.0 Å². The second-order valence-electron chi connectivity index (χ2n) is 7.40. The summed E-state index contributed by atoms with van der Waals surface area (Å²) in [6.45, 7) is 9.65. The molecular weight excluding hydrogens is 368 g/mol. The van der Waals surface area contributed by atoms with Crippen LogP contribution in [-0.4, -0.2) is 58.5 Å². The van der Waals surface area contributed by atoms with E-state index in [1.54, 1.807) is 22.7 Å². The van der Waals surface area contributed by atoms with E-state index < -0.39 is 0 Å². The molecule has 1 atom stereocenters.